The van der Waals surface area contributed by atoms with Crippen molar-refractivity contribution in [2.75, 3.05) is 6.61 Å². The molecule has 5 fully saturated rings. The van der Waals surface area contributed by atoms with Gasteiger partial charge in [-0.05, 0) is 111 Å². The molecule has 0 radical (unpaired) electrons. The monoisotopic (exact) mass is 474 g/mol. The highest BCUT2D eigenvalue weighted by molar-refractivity contribution is 5.83. The Balaban J connectivity index is 1.28. The Morgan fingerprint density at radius 1 is 1.09 bits per heavy atom. The molecule has 1 heterocycles. The molecule has 0 spiro atoms. The summed E-state index contributed by atoms with van der Waals surface area (Å²) in [6.07, 6.45) is 13.3. The van der Waals surface area contributed by atoms with Gasteiger partial charge in [0.25, 0.3) is 0 Å². The molecule has 192 valence electrons. The maximum atomic E-state index is 13.8. The lowest BCUT2D eigenvalue weighted by atomic mass is 9.44. The first-order valence-electron chi connectivity index (χ1n) is 14.2. The Morgan fingerprint density at radius 2 is 1.85 bits per heavy atom. The minimum Gasteiger partial charge on any atom is -0.481 e. The number of carboxylic acid groups (broad SMARTS) is 1. The first-order chi connectivity index (χ1) is 16.2. The molecule has 5 nitrogen and oxygen atoms in total. The molecular formula is C29H46O5. The predicted octanol–water partition coefficient (Wildman–Crippen LogP) is 6.24. The van der Waals surface area contributed by atoms with Crippen molar-refractivity contribution in [3.63, 3.8) is 0 Å². The largest absolute Gasteiger partial charge is 0.481 e. The maximum Gasteiger partial charge on any atom is 0.303 e. The minimum absolute atomic E-state index is 0.0379. The zero-order chi connectivity index (χ0) is 24.1. The Kier molecular flexibility index (Phi) is 6.91. The van der Waals surface area contributed by atoms with Gasteiger partial charge in [0.2, 0.25) is 0 Å². The summed E-state index contributed by atoms with van der Waals surface area (Å²) >= 11 is 0. The van der Waals surface area contributed by atoms with Crippen molar-refractivity contribution in [1.82, 2.24) is 0 Å². The van der Waals surface area contributed by atoms with Gasteiger partial charge in [-0.25, -0.2) is 0 Å². The van der Waals surface area contributed by atoms with Crippen LogP contribution < -0.4 is 0 Å². The average molecular weight is 475 g/mol. The maximum absolute atomic E-state index is 13.8. The lowest BCUT2D eigenvalue weighted by Crippen LogP contribution is -2.57. The molecule has 0 bridgehead atoms. The molecule has 1 N–H and O–H groups in total. The molecule has 1 aliphatic heterocycles. The molecule has 0 aromatic heterocycles. The molecule has 1 saturated heterocycles. The number of ether oxygens (including phenoxy) is 2. The van der Waals surface area contributed by atoms with E-state index in [9.17, 15) is 14.7 Å². The zero-order valence-electron chi connectivity index (χ0n) is 21.6. The van der Waals surface area contributed by atoms with Gasteiger partial charge in [-0.3, -0.25) is 9.59 Å². The molecule has 0 aromatic carbocycles. The molecule has 0 amide bonds. The van der Waals surface area contributed by atoms with Gasteiger partial charge < -0.3 is 14.6 Å². The molecule has 5 aliphatic rings. The Bertz CT molecular complexity index is 774. The molecule has 10 atom stereocenters. The van der Waals surface area contributed by atoms with Gasteiger partial charge in [0, 0.05) is 25.4 Å². The van der Waals surface area contributed by atoms with E-state index in [4.69, 9.17) is 9.47 Å². The number of hydrogen-bond donors (Lipinski definition) is 1. The normalized spacial score (nSPS) is 47.4. The smallest absolute Gasteiger partial charge is 0.303 e. The first kappa shape index (κ1) is 24.7. The third-order valence-electron chi connectivity index (χ3n) is 11.5. The average Bonchev–Trinajstić information content (AvgIpc) is 3.16. The zero-order valence-corrected chi connectivity index (χ0v) is 21.6. The van der Waals surface area contributed by atoms with Crippen molar-refractivity contribution < 1.29 is 24.2 Å². The summed E-state index contributed by atoms with van der Waals surface area (Å²) in [5.74, 6) is 2.46. The van der Waals surface area contributed by atoms with Crippen LogP contribution in [0, 0.1) is 46.3 Å². The second kappa shape index (κ2) is 9.50. The number of carbonyl (C=O) groups excluding carboxylic acids is 1. The highest BCUT2D eigenvalue weighted by Crippen LogP contribution is 2.67. The second-order valence-electron chi connectivity index (χ2n) is 13.1. The summed E-state index contributed by atoms with van der Waals surface area (Å²) in [4.78, 5) is 24.9. The van der Waals surface area contributed by atoms with Crippen LogP contribution in [0.4, 0.5) is 0 Å². The summed E-state index contributed by atoms with van der Waals surface area (Å²) in [5, 5.41) is 9.18. The number of hydrogen-bond acceptors (Lipinski definition) is 4. The molecule has 4 aliphatic carbocycles. The number of Topliss-reactive ketones (excluding diaryl/α,β-unsaturated/α-hetero) is 1. The Labute approximate surface area is 205 Å². The number of fused-ring (bicyclic) bond motifs is 5. The van der Waals surface area contributed by atoms with Crippen LogP contribution in [0.3, 0.4) is 0 Å². The van der Waals surface area contributed by atoms with E-state index < -0.39 is 5.97 Å². The summed E-state index contributed by atoms with van der Waals surface area (Å²) in [7, 11) is 0. The van der Waals surface area contributed by atoms with E-state index in [0.29, 0.717) is 35.4 Å². The van der Waals surface area contributed by atoms with Crippen molar-refractivity contribution in [3.05, 3.63) is 0 Å². The van der Waals surface area contributed by atoms with Gasteiger partial charge in [-0.15, -0.1) is 0 Å². The van der Waals surface area contributed by atoms with Gasteiger partial charge in [0.1, 0.15) is 5.78 Å². The topological polar surface area (TPSA) is 72.8 Å². The summed E-state index contributed by atoms with van der Waals surface area (Å²) in [6.45, 7) is 8.01. The van der Waals surface area contributed by atoms with Crippen LogP contribution in [0.25, 0.3) is 0 Å². The number of ketones is 1. The van der Waals surface area contributed by atoms with Crippen LogP contribution in [-0.2, 0) is 19.1 Å². The van der Waals surface area contributed by atoms with E-state index in [2.05, 4.69) is 20.8 Å². The number of carbonyl (C=O) groups is 2. The number of aliphatic carboxylic acids is 1. The molecule has 5 unspecified atom stereocenters. The summed E-state index contributed by atoms with van der Waals surface area (Å²) in [5.41, 5.74) is 0.441. The van der Waals surface area contributed by atoms with Crippen LogP contribution in [0.15, 0.2) is 0 Å². The fourth-order valence-electron chi connectivity index (χ4n) is 9.58. The number of rotatable bonds is 6. The van der Waals surface area contributed by atoms with Gasteiger partial charge >= 0.3 is 5.97 Å². The van der Waals surface area contributed by atoms with Crippen molar-refractivity contribution in [2.45, 2.75) is 117 Å². The van der Waals surface area contributed by atoms with Crippen molar-refractivity contribution >= 4 is 11.8 Å². The van der Waals surface area contributed by atoms with E-state index in [1.165, 1.54) is 19.3 Å². The van der Waals surface area contributed by atoms with E-state index in [-0.39, 0.29) is 35.6 Å². The van der Waals surface area contributed by atoms with E-state index in [0.717, 1.165) is 64.4 Å². The third kappa shape index (κ3) is 4.27. The quantitative estimate of drug-likeness (QED) is 0.462. The first-order valence-corrected chi connectivity index (χ1v) is 14.2. The fraction of sp³-hybridized carbons (Fsp3) is 0.931. The van der Waals surface area contributed by atoms with E-state index in [1.807, 2.05) is 0 Å². The Morgan fingerprint density at radius 3 is 2.59 bits per heavy atom. The molecule has 34 heavy (non-hydrogen) atoms. The van der Waals surface area contributed by atoms with Gasteiger partial charge in [0.15, 0.2) is 6.29 Å². The van der Waals surface area contributed by atoms with Gasteiger partial charge in [-0.2, -0.15) is 0 Å². The van der Waals surface area contributed by atoms with E-state index >= 15 is 0 Å². The summed E-state index contributed by atoms with van der Waals surface area (Å²) < 4.78 is 12.2. The highest BCUT2D eigenvalue weighted by atomic mass is 16.7. The fourth-order valence-corrected chi connectivity index (χ4v) is 9.58. The molecular weight excluding hydrogens is 428 g/mol. The Hall–Kier alpha value is -0.940. The van der Waals surface area contributed by atoms with E-state index in [1.54, 1.807) is 0 Å². The molecule has 4 saturated carbocycles. The second-order valence-corrected chi connectivity index (χ2v) is 13.1. The number of carboxylic acids is 1. The van der Waals surface area contributed by atoms with Gasteiger partial charge in [0.05, 0.1) is 6.10 Å². The van der Waals surface area contributed by atoms with Crippen LogP contribution >= 0.6 is 0 Å². The standard InChI is InChI=1S/C29H46O5/c1-18(7-10-25(31)32)21-8-9-22-27-23(12-14-29(21,22)3)28(2)13-11-20(16-19(28)17-24(27)30)34-26-6-4-5-15-33-26/h18-23,26-27H,4-17H2,1-3H3,(H,31,32)/t18-,19?,20-,21-,22+,23+,26?,27?,28?,29?/m1/s1. The predicted molar refractivity (Wildman–Crippen MR) is 130 cm³/mol. The van der Waals surface area contributed by atoms with Crippen molar-refractivity contribution in [2.24, 2.45) is 46.3 Å². The molecule has 5 rings (SSSR count). The van der Waals surface area contributed by atoms with Crippen molar-refractivity contribution in [1.29, 1.82) is 0 Å². The van der Waals surface area contributed by atoms with Crippen LogP contribution in [0.2, 0.25) is 0 Å². The SMILES string of the molecule is C[C@H](CCC(=O)O)[C@H]1CC[C@H]2C3C(=O)CC4C[C@H](OC5CCCCO5)CCC4(C)[C@H]3CCC12C. The highest BCUT2D eigenvalue weighted by Gasteiger charge is 2.63. The minimum atomic E-state index is -0.689. The van der Waals surface area contributed by atoms with Crippen LogP contribution in [0.1, 0.15) is 104 Å². The lowest BCUT2D eigenvalue weighted by Gasteiger charge is -2.60. The molecule has 0 aromatic rings. The van der Waals surface area contributed by atoms with Crippen LogP contribution in [-0.4, -0.2) is 35.9 Å². The summed E-state index contributed by atoms with van der Waals surface area (Å²) in [6, 6.07) is 0. The van der Waals surface area contributed by atoms with Gasteiger partial charge in [-0.1, -0.05) is 20.8 Å². The lowest BCUT2D eigenvalue weighted by molar-refractivity contribution is -0.211. The third-order valence-corrected chi connectivity index (χ3v) is 11.5. The molecule has 5 heteroatoms. The van der Waals surface area contributed by atoms with Crippen molar-refractivity contribution in [3.8, 4) is 0 Å². The van der Waals surface area contributed by atoms with Crippen LogP contribution in [0.5, 0.6) is 0 Å².